The minimum Gasteiger partial charge on any atom is -0.464 e. The maximum absolute atomic E-state index is 13.5. The highest BCUT2D eigenvalue weighted by Crippen LogP contribution is 2.22. The highest BCUT2D eigenvalue weighted by molar-refractivity contribution is 5.88. The lowest BCUT2D eigenvalue weighted by atomic mass is 10.0. The molecule has 1 aromatic heterocycles. The largest absolute Gasteiger partial charge is 0.464 e. The molecule has 2 heterocycles. The molecule has 5 heteroatoms. The summed E-state index contributed by atoms with van der Waals surface area (Å²) in [6.07, 6.45) is 0.293. The van der Waals surface area contributed by atoms with Gasteiger partial charge in [-0.05, 0) is 36.6 Å². The molecule has 1 aliphatic heterocycles. The fraction of sp³-hybridized carbons (Fsp3) is 0.217. The molecular weight excluding hydrogens is 352 g/mol. The van der Waals surface area contributed by atoms with E-state index in [-0.39, 0.29) is 23.5 Å². The molecule has 3 aromatic rings. The third-order valence-corrected chi connectivity index (χ3v) is 4.83. The number of nitrogens with two attached hydrogens (primary N) is 1. The van der Waals surface area contributed by atoms with Gasteiger partial charge in [0.25, 0.3) is 5.56 Å². The van der Waals surface area contributed by atoms with E-state index in [0.29, 0.717) is 24.0 Å². The number of para-hydroxylation sites is 1. The van der Waals surface area contributed by atoms with Gasteiger partial charge in [0, 0.05) is 23.0 Å². The van der Waals surface area contributed by atoms with Gasteiger partial charge in [0.05, 0.1) is 17.7 Å². The molecule has 0 amide bonds. The van der Waals surface area contributed by atoms with Gasteiger partial charge >= 0.3 is 5.97 Å². The Morgan fingerprint density at radius 1 is 1.14 bits per heavy atom. The highest BCUT2D eigenvalue weighted by atomic mass is 16.5. The second-order valence-electron chi connectivity index (χ2n) is 6.96. The van der Waals surface area contributed by atoms with Crippen LogP contribution in [0.15, 0.2) is 59.4 Å². The quantitative estimate of drug-likeness (QED) is 0.554. The predicted octanol–water partition coefficient (Wildman–Crippen LogP) is 2.93. The Morgan fingerprint density at radius 2 is 1.93 bits per heavy atom. The van der Waals surface area contributed by atoms with E-state index in [0.717, 1.165) is 16.8 Å². The Kier molecular flexibility index (Phi) is 4.72. The van der Waals surface area contributed by atoms with Crippen molar-refractivity contribution in [2.75, 3.05) is 6.61 Å². The van der Waals surface area contributed by atoms with Crippen molar-refractivity contribution in [3.8, 4) is 17.5 Å². The first-order chi connectivity index (χ1) is 13.5. The molecule has 1 aliphatic rings. The number of nitrogens with zero attached hydrogens (tertiary/aromatic N) is 1. The van der Waals surface area contributed by atoms with Crippen molar-refractivity contribution in [2.45, 2.75) is 19.4 Å². The first kappa shape index (κ1) is 18.0. The van der Waals surface area contributed by atoms with Crippen LogP contribution in [0.1, 0.15) is 30.6 Å². The Bertz CT molecular complexity index is 1170. The summed E-state index contributed by atoms with van der Waals surface area (Å²) in [7, 11) is 0. The summed E-state index contributed by atoms with van der Waals surface area (Å²) in [4.78, 5) is 24.8. The van der Waals surface area contributed by atoms with Crippen LogP contribution in [0.25, 0.3) is 16.5 Å². The molecule has 2 N–H and O–H groups in total. The number of hydrogen-bond donors (Lipinski definition) is 1. The molecule has 140 valence electrons. The van der Waals surface area contributed by atoms with E-state index in [2.05, 4.69) is 11.8 Å². The Hall–Kier alpha value is -3.36. The molecule has 2 atom stereocenters. The van der Waals surface area contributed by atoms with E-state index in [4.69, 9.17) is 10.5 Å². The molecule has 0 spiro atoms. The number of carbonyl (C=O) groups is 1. The molecule has 1 saturated heterocycles. The zero-order chi connectivity index (χ0) is 19.7. The van der Waals surface area contributed by atoms with Crippen molar-refractivity contribution in [3.63, 3.8) is 0 Å². The normalized spacial score (nSPS) is 17.1. The summed E-state index contributed by atoms with van der Waals surface area (Å²) in [5.74, 6) is 5.80. The number of carbonyl (C=O) groups excluding carboxylic acids is 1. The summed E-state index contributed by atoms with van der Waals surface area (Å²) < 4.78 is 6.62. The fourth-order valence-electron chi connectivity index (χ4n) is 3.45. The van der Waals surface area contributed by atoms with Crippen molar-refractivity contribution in [1.82, 2.24) is 4.57 Å². The van der Waals surface area contributed by atoms with Crippen LogP contribution in [0, 0.1) is 17.8 Å². The first-order valence-electron chi connectivity index (χ1n) is 9.21. The predicted molar refractivity (Wildman–Crippen MR) is 108 cm³/mol. The van der Waals surface area contributed by atoms with Gasteiger partial charge in [-0.2, -0.15) is 0 Å². The average molecular weight is 372 g/mol. The molecule has 1 fully saturated rings. The van der Waals surface area contributed by atoms with Gasteiger partial charge in [-0.25, -0.2) is 0 Å². The summed E-state index contributed by atoms with van der Waals surface area (Å²) in [6.45, 7) is 2.17. The van der Waals surface area contributed by atoms with E-state index in [1.807, 2.05) is 61.5 Å². The number of fused-ring (bicyclic) bond motifs is 1. The molecule has 0 radical (unpaired) electrons. The van der Waals surface area contributed by atoms with E-state index >= 15 is 0 Å². The summed E-state index contributed by atoms with van der Waals surface area (Å²) in [5.41, 5.74) is 8.16. The first-order valence-corrected chi connectivity index (χ1v) is 9.21. The summed E-state index contributed by atoms with van der Waals surface area (Å²) in [5, 5.41) is 1.35. The van der Waals surface area contributed by atoms with E-state index in [9.17, 15) is 9.59 Å². The van der Waals surface area contributed by atoms with Crippen molar-refractivity contribution >= 4 is 16.7 Å². The lowest BCUT2D eigenvalue weighted by Gasteiger charge is -2.17. The van der Waals surface area contributed by atoms with E-state index < -0.39 is 0 Å². The van der Waals surface area contributed by atoms with Crippen molar-refractivity contribution in [1.29, 1.82) is 0 Å². The highest BCUT2D eigenvalue weighted by Gasteiger charge is 2.21. The number of ether oxygens (including phenoxy) is 1. The molecule has 0 bridgehead atoms. The second-order valence-corrected chi connectivity index (χ2v) is 6.96. The number of aromatic nitrogens is 1. The van der Waals surface area contributed by atoms with Crippen LogP contribution >= 0.6 is 0 Å². The van der Waals surface area contributed by atoms with Gasteiger partial charge in [0.1, 0.15) is 6.61 Å². The van der Waals surface area contributed by atoms with E-state index in [1.54, 1.807) is 4.57 Å². The smallest absolute Gasteiger partial charge is 0.307 e. The van der Waals surface area contributed by atoms with Crippen LogP contribution < -0.4 is 11.3 Å². The van der Waals surface area contributed by atoms with Gasteiger partial charge in [0.2, 0.25) is 0 Å². The van der Waals surface area contributed by atoms with Crippen molar-refractivity contribution < 1.29 is 9.53 Å². The molecule has 0 aliphatic carbocycles. The maximum Gasteiger partial charge on any atom is 0.307 e. The topological polar surface area (TPSA) is 74.3 Å². The van der Waals surface area contributed by atoms with Crippen LogP contribution in [0.5, 0.6) is 0 Å². The molecule has 5 nitrogen and oxygen atoms in total. The van der Waals surface area contributed by atoms with Crippen molar-refractivity contribution in [2.24, 2.45) is 11.7 Å². The summed E-state index contributed by atoms with van der Waals surface area (Å²) >= 11 is 0. The standard InChI is InChI=1S/C23H20N2O3/c1-15(24)20-13-18-7-5-6-17(11-10-16-12-21(26)28-14-16)22(18)23(27)25(20)19-8-3-2-4-9-19/h2-9,13,15-16H,12,14,24H2,1H3/t15-,16?/m0/s1. The average Bonchev–Trinajstić information content (AvgIpc) is 3.11. The lowest BCUT2D eigenvalue weighted by Crippen LogP contribution is -2.26. The van der Waals surface area contributed by atoms with Crippen LogP contribution in [-0.2, 0) is 9.53 Å². The zero-order valence-electron chi connectivity index (χ0n) is 15.5. The van der Waals surface area contributed by atoms with Gasteiger partial charge < -0.3 is 10.5 Å². The molecular formula is C23H20N2O3. The van der Waals surface area contributed by atoms with Crippen molar-refractivity contribution in [3.05, 3.63) is 76.2 Å². The Labute approximate surface area is 162 Å². The minimum absolute atomic E-state index is 0.137. The summed E-state index contributed by atoms with van der Waals surface area (Å²) in [6, 6.07) is 16.7. The number of rotatable bonds is 2. The zero-order valence-corrected chi connectivity index (χ0v) is 15.5. The van der Waals surface area contributed by atoms with Gasteiger partial charge in [0.15, 0.2) is 0 Å². The number of pyridine rings is 1. The number of esters is 1. The third kappa shape index (κ3) is 3.30. The van der Waals surface area contributed by atoms with Crippen LogP contribution in [0.4, 0.5) is 0 Å². The Morgan fingerprint density at radius 3 is 2.61 bits per heavy atom. The van der Waals surface area contributed by atoms with E-state index in [1.165, 1.54) is 0 Å². The van der Waals surface area contributed by atoms with Crippen LogP contribution in [-0.4, -0.2) is 17.1 Å². The molecule has 4 rings (SSSR count). The number of hydrogen-bond acceptors (Lipinski definition) is 4. The molecule has 1 unspecified atom stereocenters. The van der Waals surface area contributed by atoms with Crippen LogP contribution in [0.2, 0.25) is 0 Å². The molecule has 28 heavy (non-hydrogen) atoms. The maximum atomic E-state index is 13.5. The van der Waals surface area contributed by atoms with Gasteiger partial charge in [-0.3, -0.25) is 14.2 Å². The Balaban J connectivity index is 1.94. The van der Waals surface area contributed by atoms with Crippen LogP contribution in [0.3, 0.4) is 0 Å². The third-order valence-electron chi connectivity index (χ3n) is 4.83. The molecule has 2 aromatic carbocycles. The minimum atomic E-state index is -0.311. The lowest BCUT2D eigenvalue weighted by molar-refractivity contribution is -0.137. The molecule has 0 saturated carbocycles. The second kappa shape index (κ2) is 7.34. The monoisotopic (exact) mass is 372 g/mol. The fourth-order valence-corrected chi connectivity index (χ4v) is 3.45. The number of cyclic esters (lactones) is 1. The van der Waals surface area contributed by atoms with Gasteiger partial charge in [-0.1, -0.05) is 42.2 Å². The number of benzene rings is 2. The SMILES string of the molecule is C[C@H](N)c1cc2cccc(C#CC3COC(=O)C3)c2c(=O)n1-c1ccccc1. The van der Waals surface area contributed by atoms with Gasteiger partial charge in [-0.15, -0.1) is 0 Å².